The Morgan fingerprint density at radius 3 is 1.22 bits per heavy atom. The van der Waals surface area contributed by atoms with Crippen LogP contribution in [0.3, 0.4) is 0 Å². The van der Waals surface area contributed by atoms with Crippen LogP contribution in [0.15, 0.2) is 48.6 Å². The molecule has 0 radical (unpaired) electrons. The van der Waals surface area contributed by atoms with Crippen molar-refractivity contribution in [1.82, 2.24) is 5.32 Å². The molecule has 0 aromatic carbocycles. The minimum atomic E-state index is -1.62. The maximum absolute atomic E-state index is 13.1. The number of hydrogen-bond donors (Lipinski definition) is 7. The molecule has 0 aromatic rings. The van der Waals surface area contributed by atoms with Crippen LogP contribution in [0, 0.1) is 0 Å². The Hall–Kier alpha value is -1.89. The number of carbonyl (C=O) groups excluding carboxylic acids is 1. The Morgan fingerprint density at radius 1 is 0.461 bits per heavy atom. The average molecular weight is 1070 g/mol. The van der Waals surface area contributed by atoms with E-state index in [1.807, 2.05) is 6.08 Å². The highest BCUT2D eigenvalue weighted by atomic mass is 16.7. The number of aliphatic hydroxyl groups is 6. The molecule has 7 N–H and O–H groups in total. The molecule has 8 unspecified atom stereocenters. The van der Waals surface area contributed by atoms with Gasteiger partial charge in [0, 0.05) is 0 Å². The van der Waals surface area contributed by atoms with E-state index in [9.17, 15) is 35.4 Å². The highest BCUT2D eigenvalue weighted by Gasteiger charge is 2.44. The number of rotatable bonds is 56. The standard InChI is InChI=1S/C66H123NO9/c1-3-5-7-9-11-13-15-17-18-19-20-21-22-23-24-25-26-27-28-29-30-31-32-33-34-35-36-37-38-39-40-41-43-45-47-49-51-53-55-60(70)65(74)67-58(57-75-66-64(73)63(72)62(71)61(56-68)76-66)59(69)54-52-50-48-46-44-42-16-14-12-10-8-6-4-2/h26-27,29-30,44,46,52,54,58-64,66,68-73H,3-25,28,31-43,45,47-51,53,55-57H2,1-2H3,(H,67,74)/b27-26-,30-29-,46-44+,54-52+. The van der Waals surface area contributed by atoms with Crippen molar-refractivity contribution in [2.45, 2.75) is 352 Å². The zero-order valence-corrected chi connectivity index (χ0v) is 49.4. The van der Waals surface area contributed by atoms with E-state index in [0.717, 1.165) is 38.5 Å². The molecule has 76 heavy (non-hydrogen) atoms. The highest BCUT2D eigenvalue weighted by Crippen LogP contribution is 2.23. The minimum Gasteiger partial charge on any atom is -0.394 e. The van der Waals surface area contributed by atoms with E-state index in [-0.39, 0.29) is 6.61 Å². The number of aliphatic hydroxyl groups excluding tert-OH is 6. The van der Waals surface area contributed by atoms with E-state index in [4.69, 9.17) is 9.47 Å². The summed E-state index contributed by atoms with van der Waals surface area (Å²) in [7, 11) is 0. The van der Waals surface area contributed by atoms with Crippen LogP contribution in [0.2, 0.25) is 0 Å². The molecule has 1 rings (SSSR count). The molecule has 1 amide bonds. The summed E-state index contributed by atoms with van der Waals surface area (Å²) in [6.07, 6.45) is 64.1. The van der Waals surface area contributed by atoms with Crippen LogP contribution in [-0.2, 0) is 14.3 Å². The Kier molecular flexibility index (Phi) is 52.2. The zero-order valence-electron chi connectivity index (χ0n) is 49.4. The van der Waals surface area contributed by atoms with Crippen LogP contribution < -0.4 is 5.32 Å². The summed E-state index contributed by atoms with van der Waals surface area (Å²) in [6, 6.07) is -0.997. The van der Waals surface area contributed by atoms with E-state index in [2.05, 4.69) is 55.6 Å². The Balaban J connectivity index is 2.09. The van der Waals surface area contributed by atoms with E-state index in [0.29, 0.717) is 19.3 Å². The second kappa shape index (κ2) is 55.0. The van der Waals surface area contributed by atoms with Crippen molar-refractivity contribution in [3.8, 4) is 0 Å². The molecule has 1 heterocycles. The number of carbonyl (C=O) groups is 1. The van der Waals surface area contributed by atoms with Crippen molar-refractivity contribution in [2.24, 2.45) is 0 Å². The van der Waals surface area contributed by atoms with Gasteiger partial charge in [-0.3, -0.25) is 4.79 Å². The number of hydrogen-bond acceptors (Lipinski definition) is 9. The van der Waals surface area contributed by atoms with Gasteiger partial charge < -0.3 is 45.4 Å². The maximum Gasteiger partial charge on any atom is 0.249 e. The fourth-order valence-corrected chi connectivity index (χ4v) is 10.3. The third-order valence-corrected chi connectivity index (χ3v) is 15.5. The molecule has 1 saturated heterocycles. The predicted octanol–water partition coefficient (Wildman–Crippen LogP) is 15.8. The second-order valence-electron chi connectivity index (χ2n) is 22.7. The van der Waals surface area contributed by atoms with Gasteiger partial charge in [-0.2, -0.15) is 0 Å². The van der Waals surface area contributed by atoms with Gasteiger partial charge in [0.15, 0.2) is 6.29 Å². The lowest BCUT2D eigenvalue weighted by Crippen LogP contribution is -2.60. The molecule has 0 saturated carbocycles. The largest absolute Gasteiger partial charge is 0.394 e. The molecule has 1 aliphatic heterocycles. The normalized spacial score (nSPS) is 19.5. The van der Waals surface area contributed by atoms with Gasteiger partial charge in [0.1, 0.15) is 30.5 Å². The molecule has 0 aromatic heterocycles. The van der Waals surface area contributed by atoms with Crippen molar-refractivity contribution >= 4 is 5.91 Å². The number of allylic oxidation sites excluding steroid dienone is 7. The fourth-order valence-electron chi connectivity index (χ4n) is 10.3. The molecule has 10 heteroatoms. The Morgan fingerprint density at radius 2 is 0.816 bits per heavy atom. The third kappa shape index (κ3) is 43.0. The van der Waals surface area contributed by atoms with Crippen LogP contribution in [0.4, 0.5) is 0 Å². The monoisotopic (exact) mass is 1070 g/mol. The maximum atomic E-state index is 13.1. The number of nitrogens with one attached hydrogen (secondary N) is 1. The molecular formula is C66H123NO9. The van der Waals surface area contributed by atoms with Crippen LogP contribution in [0.25, 0.3) is 0 Å². The first-order valence-corrected chi connectivity index (χ1v) is 32.5. The summed E-state index contributed by atoms with van der Waals surface area (Å²) >= 11 is 0. The fraction of sp³-hybridized carbons (Fsp3) is 0.864. The van der Waals surface area contributed by atoms with E-state index in [1.54, 1.807) is 6.08 Å². The van der Waals surface area contributed by atoms with Crippen LogP contribution >= 0.6 is 0 Å². The lowest BCUT2D eigenvalue weighted by Gasteiger charge is -2.40. The smallest absolute Gasteiger partial charge is 0.249 e. The third-order valence-electron chi connectivity index (χ3n) is 15.5. The number of ether oxygens (including phenoxy) is 2. The molecule has 0 bridgehead atoms. The van der Waals surface area contributed by atoms with Gasteiger partial charge in [0.05, 0.1) is 25.4 Å². The van der Waals surface area contributed by atoms with Crippen LogP contribution in [0.1, 0.15) is 303 Å². The van der Waals surface area contributed by atoms with Crippen LogP contribution in [-0.4, -0.2) is 98.7 Å². The van der Waals surface area contributed by atoms with Gasteiger partial charge in [-0.1, -0.05) is 287 Å². The van der Waals surface area contributed by atoms with Crippen LogP contribution in [0.5, 0.6) is 0 Å². The summed E-state index contributed by atoms with van der Waals surface area (Å²) in [5, 5.41) is 65.0. The number of unbranched alkanes of at least 4 members (excludes halogenated alkanes) is 39. The molecule has 0 spiro atoms. The molecule has 0 aliphatic carbocycles. The molecular weight excluding hydrogens is 951 g/mol. The van der Waals surface area contributed by atoms with E-state index in [1.165, 1.54) is 231 Å². The van der Waals surface area contributed by atoms with Crippen molar-refractivity contribution in [2.75, 3.05) is 13.2 Å². The SMILES string of the molecule is CCCCCCCCC/C=C/CC/C=C/C(O)C(COC1OC(CO)C(O)C(O)C1O)NC(=O)C(O)CCCCCCCCCCCCCCCCCC/C=C\C/C=C\CCCCCCCCCCCCCCCCC. The first-order valence-electron chi connectivity index (χ1n) is 32.5. The molecule has 1 fully saturated rings. The number of amides is 1. The van der Waals surface area contributed by atoms with Crippen molar-refractivity contribution in [1.29, 1.82) is 0 Å². The van der Waals surface area contributed by atoms with Gasteiger partial charge in [-0.25, -0.2) is 0 Å². The molecule has 1 aliphatic rings. The van der Waals surface area contributed by atoms with Gasteiger partial charge in [0.25, 0.3) is 0 Å². The zero-order chi connectivity index (χ0) is 55.2. The lowest BCUT2D eigenvalue weighted by molar-refractivity contribution is -0.302. The first-order chi connectivity index (χ1) is 37.3. The van der Waals surface area contributed by atoms with Gasteiger partial charge in [0.2, 0.25) is 5.91 Å². The van der Waals surface area contributed by atoms with Gasteiger partial charge in [-0.05, 0) is 64.2 Å². The average Bonchev–Trinajstić information content (AvgIpc) is 3.42. The summed E-state index contributed by atoms with van der Waals surface area (Å²) < 4.78 is 11.2. The summed E-state index contributed by atoms with van der Waals surface area (Å²) in [6.45, 7) is 3.61. The second-order valence-corrected chi connectivity index (χ2v) is 22.7. The Labute approximate surface area is 467 Å². The molecule has 446 valence electrons. The minimum absolute atomic E-state index is 0.304. The van der Waals surface area contributed by atoms with Crippen molar-refractivity contribution in [3.63, 3.8) is 0 Å². The van der Waals surface area contributed by atoms with Gasteiger partial charge >= 0.3 is 0 Å². The summed E-state index contributed by atoms with van der Waals surface area (Å²) in [5.41, 5.74) is 0. The quantitative estimate of drug-likeness (QED) is 0.0232. The topological polar surface area (TPSA) is 169 Å². The summed E-state index contributed by atoms with van der Waals surface area (Å²) in [5.74, 6) is -0.624. The summed E-state index contributed by atoms with van der Waals surface area (Å²) in [4.78, 5) is 13.1. The van der Waals surface area contributed by atoms with E-state index < -0.39 is 61.5 Å². The van der Waals surface area contributed by atoms with Crippen molar-refractivity contribution < 1.29 is 44.9 Å². The lowest BCUT2D eigenvalue weighted by atomic mass is 9.99. The predicted molar refractivity (Wildman–Crippen MR) is 319 cm³/mol. The van der Waals surface area contributed by atoms with Crippen molar-refractivity contribution in [3.05, 3.63) is 48.6 Å². The first kappa shape index (κ1) is 72.1. The highest BCUT2D eigenvalue weighted by molar-refractivity contribution is 5.80. The van der Waals surface area contributed by atoms with Gasteiger partial charge in [-0.15, -0.1) is 0 Å². The molecule has 8 atom stereocenters. The van der Waals surface area contributed by atoms with E-state index >= 15 is 0 Å². The Bertz CT molecular complexity index is 1350. The molecule has 10 nitrogen and oxygen atoms in total.